The van der Waals surface area contributed by atoms with Gasteiger partial charge in [0.25, 0.3) is 0 Å². The third kappa shape index (κ3) is 2.26. The van der Waals surface area contributed by atoms with Crippen LogP contribution in [-0.4, -0.2) is 4.98 Å². The molecule has 0 spiro atoms. The van der Waals surface area contributed by atoms with E-state index in [1.54, 1.807) is 0 Å². The Morgan fingerprint density at radius 3 is 2.30 bits per heavy atom. The normalized spacial score (nSPS) is 9.60. The topological polar surface area (TPSA) is 26.0 Å². The molecule has 1 rings (SSSR count). The number of rotatable bonds is 1. The summed E-state index contributed by atoms with van der Waals surface area (Å²) in [7, 11) is 0. The van der Waals surface area contributed by atoms with Gasteiger partial charge in [-0.1, -0.05) is 20.8 Å². The molecule has 1 aromatic heterocycles. The molecule has 3 heteroatoms. The molecule has 2 nitrogen and oxygen atoms in total. The van der Waals surface area contributed by atoms with E-state index in [4.69, 9.17) is 4.42 Å². The van der Waals surface area contributed by atoms with Gasteiger partial charge in [-0.05, 0) is 5.92 Å². The first-order valence-electron chi connectivity index (χ1n) is 3.05. The molecule has 0 unspecified atom stereocenters. The summed E-state index contributed by atoms with van der Waals surface area (Å²) >= 11 is 0. The second-order valence-corrected chi connectivity index (χ2v) is 2.36. The van der Waals surface area contributed by atoms with E-state index in [2.05, 4.69) is 25.0 Å². The SMILES string of the molecule is Cc1n[c-]c(C(C)C)o1.[W]. The monoisotopic (exact) mass is 308 g/mol. The van der Waals surface area contributed by atoms with Crippen molar-refractivity contribution in [2.75, 3.05) is 0 Å². The van der Waals surface area contributed by atoms with Crippen molar-refractivity contribution in [1.82, 2.24) is 4.98 Å². The molecule has 0 amide bonds. The van der Waals surface area contributed by atoms with Crippen molar-refractivity contribution in [2.45, 2.75) is 26.7 Å². The smallest absolute Gasteiger partial charge is 0.0323 e. The van der Waals surface area contributed by atoms with Crippen molar-refractivity contribution < 1.29 is 25.5 Å². The standard InChI is InChI=1S/C7H10NO.W/c1-5(2)7-4-8-6(3)9-7;/h5H,1-3H3;/q-1;. The third-order valence-electron chi connectivity index (χ3n) is 1.11. The Kier molecular flexibility index (Phi) is 3.88. The van der Waals surface area contributed by atoms with Gasteiger partial charge in [-0.2, -0.15) is 0 Å². The first-order chi connectivity index (χ1) is 4.20. The Balaban J connectivity index is 0.000000810. The van der Waals surface area contributed by atoms with Crippen LogP contribution in [0.25, 0.3) is 0 Å². The summed E-state index contributed by atoms with van der Waals surface area (Å²) in [6.45, 7) is 5.93. The van der Waals surface area contributed by atoms with Gasteiger partial charge in [0.15, 0.2) is 0 Å². The molecule has 0 saturated carbocycles. The summed E-state index contributed by atoms with van der Waals surface area (Å²) in [5.74, 6) is 1.93. The van der Waals surface area contributed by atoms with E-state index in [1.807, 2.05) is 6.92 Å². The summed E-state index contributed by atoms with van der Waals surface area (Å²) in [5.41, 5.74) is 0. The minimum atomic E-state index is 0. The maximum absolute atomic E-state index is 5.18. The van der Waals surface area contributed by atoms with E-state index in [-0.39, 0.29) is 21.1 Å². The van der Waals surface area contributed by atoms with Gasteiger partial charge < -0.3 is 9.40 Å². The number of oxazole rings is 1. The Bertz CT molecular complexity index is 195. The van der Waals surface area contributed by atoms with E-state index in [1.165, 1.54) is 0 Å². The van der Waals surface area contributed by atoms with Gasteiger partial charge >= 0.3 is 0 Å². The molecule has 0 aliphatic rings. The number of hydrogen-bond donors (Lipinski definition) is 0. The van der Waals surface area contributed by atoms with Crippen molar-refractivity contribution in [2.24, 2.45) is 0 Å². The van der Waals surface area contributed by atoms with Crippen LogP contribution in [0.15, 0.2) is 4.42 Å². The molecule has 0 bridgehead atoms. The molecule has 1 heterocycles. The van der Waals surface area contributed by atoms with Crippen molar-refractivity contribution in [1.29, 1.82) is 0 Å². The van der Waals surface area contributed by atoms with Gasteiger partial charge in [-0.3, -0.25) is 0 Å². The van der Waals surface area contributed by atoms with Crippen LogP contribution >= 0.6 is 0 Å². The fraction of sp³-hybridized carbons (Fsp3) is 0.571. The van der Waals surface area contributed by atoms with Crippen LogP contribution < -0.4 is 0 Å². The minimum Gasteiger partial charge on any atom is -0.550 e. The molecule has 0 fully saturated rings. The van der Waals surface area contributed by atoms with Crippen molar-refractivity contribution in [3.63, 3.8) is 0 Å². The van der Waals surface area contributed by atoms with Crippen LogP contribution in [-0.2, 0) is 21.1 Å². The van der Waals surface area contributed by atoms with Crippen LogP contribution in [0.1, 0.15) is 31.4 Å². The van der Waals surface area contributed by atoms with E-state index >= 15 is 0 Å². The average molecular weight is 308 g/mol. The third-order valence-corrected chi connectivity index (χ3v) is 1.11. The van der Waals surface area contributed by atoms with Gasteiger partial charge in [0, 0.05) is 32.7 Å². The minimum absolute atomic E-state index is 0. The summed E-state index contributed by atoms with van der Waals surface area (Å²) in [6.07, 6.45) is 2.79. The van der Waals surface area contributed by atoms with Crippen molar-refractivity contribution in [3.05, 3.63) is 17.8 Å². The first-order valence-corrected chi connectivity index (χ1v) is 3.05. The summed E-state index contributed by atoms with van der Waals surface area (Å²) in [5, 5.41) is 0. The quantitative estimate of drug-likeness (QED) is 0.741. The van der Waals surface area contributed by atoms with Crippen LogP contribution in [0.4, 0.5) is 0 Å². The summed E-state index contributed by atoms with van der Waals surface area (Å²) < 4.78 is 5.18. The zero-order valence-corrected chi connectivity index (χ0v) is 9.27. The zero-order chi connectivity index (χ0) is 6.85. The molecule has 1 aromatic rings. The predicted molar refractivity (Wildman–Crippen MR) is 34.2 cm³/mol. The first kappa shape index (κ1) is 9.90. The van der Waals surface area contributed by atoms with E-state index in [0.29, 0.717) is 11.8 Å². The fourth-order valence-corrected chi connectivity index (χ4v) is 0.586. The number of aromatic nitrogens is 1. The van der Waals surface area contributed by atoms with Gasteiger partial charge in [0.05, 0.1) is 0 Å². The number of aryl methyl sites for hydroxylation is 1. The number of nitrogens with zero attached hydrogens (tertiary/aromatic N) is 1. The second-order valence-electron chi connectivity index (χ2n) is 2.36. The second kappa shape index (κ2) is 3.92. The molecular weight excluding hydrogens is 298 g/mol. The Morgan fingerprint density at radius 2 is 2.10 bits per heavy atom. The molecule has 0 N–H and O–H groups in total. The Labute approximate surface area is 75.3 Å². The molecule has 56 valence electrons. The summed E-state index contributed by atoms with van der Waals surface area (Å²) in [4.78, 5) is 3.85. The van der Waals surface area contributed by atoms with E-state index in [0.717, 1.165) is 5.76 Å². The molecule has 0 saturated heterocycles. The van der Waals surface area contributed by atoms with Gasteiger partial charge in [0.1, 0.15) is 0 Å². The van der Waals surface area contributed by atoms with E-state index in [9.17, 15) is 0 Å². The van der Waals surface area contributed by atoms with Gasteiger partial charge in [-0.15, -0.1) is 6.20 Å². The molecule has 0 aliphatic carbocycles. The van der Waals surface area contributed by atoms with Gasteiger partial charge in [0.2, 0.25) is 0 Å². The maximum atomic E-state index is 5.18. The Hall–Kier alpha value is -0.102. The van der Waals surface area contributed by atoms with Crippen molar-refractivity contribution in [3.8, 4) is 0 Å². The van der Waals surface area contributed by atoms with Crippen LogP contribution in [0.3, 0.4) is 0 Å². The maximum Gasteiger partial charge on any atom is 0.0323 e. The number of hydrogen-bond acceptors (Lipinski definition) is 2. The van der Waals surface area contributed by atoms with Gasteiger partial charge in [-0.25, -0.2) is 0 Å². The molecule has 0 radical (unpaired) electrons. The molecule has 0 aromatic carbocycles. The molecular formula is C7H10NOW-. The van der Waals surface area contributed by atoms with Crippen LogP contribution in [0.5, 0.6) is 0 Å². The van der Waals surface area contributed by atoms with Crippen molar-refractivity contribution >= 4 is 0 Å². The molecule has 0 aliphatic heterocycles. The predicted octanol–water partition coefficient (Wildman–Crippen LogP) is 1.90. The van der Waals surface area contributed by atoms with E-state index < -0.39 is 0 Å². The molecule has 0 atom stereocenters. The van der Waals surface area contributed by atoms with Crippen LogP contribution in [0, 0.1) is 13.1 Å². The average Bonchev–Trinajstić information content (AvgIpc) is 2.14. The summed E-state index contributed by atoms with van der Waals surface area (Å²) in [6, 6.07) is 0. The largest absolute Gasteiger partial charge is 0.550 e. The molecule has 10 heavy (non-hydrogen) atoms. The van der Waals surface area contributed by atoms with Crippen LogP contribution in [0.2, 0.25) is 0 Å². The Morgan fingerprint density at radius 1 is 1.50 bits per heavy atom. The fourth-order valence-electron chi connectivity index (χ4n) is 0.586. The zero-order valence-electron chi connectivity index (χ0n) is 6.34.